The monoisotopic (exact) mass is 289 g/mol. The molecule has 3 rings (SSSR count). The van der Waals surface area contributed by atoms with Gasteiger partial charge in [-0.25, -0.2) is 0 Å². The number of fused-ring (bicyclic) bond motifs is 2. The molecule has 0 aromatic heterocycles. The van der Waals surface area contributed by atoms with E-state index in [9.17, 15) is 15.2 Å². The van der Waals surface area contributed by atoms with Gasteiger partial charge in [-0.2, -0.15) is 5.26 Å². The molecule has 1 aliphatic carbocycles. The highest BCUT2D eigenvalue weighted by Crippen LogP contribution is 2.44. The first-order valence-corrected chi connectivity index (χ1v) is 7.12. The van der Waals surface area contributed by atoms with E-state index >= 15 is 0 Å². The molecule has 0 spiro atoms. The molecular formula is C19H15NO2. The molecule has 3 heteroatoms. The number of nitriles is 1. The Kier molecular flexibility index (Phi) is 3.52. The van der Waals surface area contributed by atoms with Crippen molar-refractivity contribution in [3.05, 3.63) is 82.9 Å². The minimum absolute atomic E-state index is 0.424. The number of rotatable bonds is 3. The highest BCUT2D eigenvalue weighted by atomic mass is 16.4. The van der Waals surface area contributed by atoms with Gasteiger partial charge in [0.05, 0.1) is 12.0 Å². The molecule has 22 heavy (non-hydrogen) atoms. The predicted molar refractivity (Wildman–Crippen MR) is 83.7 cm³/mol. The van der Waals surface area contributed by atoms with Gasteiger partial charge in [-0.15, -0.1) is 6.58 Å². The molecule has 0 radical (unpaired) electrons. The van der Waals surface area contributed by atoms with E-state index in [2.05, 4.69) is 12.6 Å². The van der Waals surface area contributed by atoms with Crippen molar-refractivity contribution in [3.8, 4) is 6.07 Å². The third-order valence-electron chi connectivity index (χ3n) is 4.19. The summed E-state index contributed by atoms with van der Waals surface area (Å²) in [6, 6.07) is 15.3. The van der Waals surface area contributed by atoms with Gasteiger partial charge < -0.3 is 5.11 Å². The normalized spacial score (nSPS) is 18.7. The van der Waals surface area contributed by atoms with E-state index in [1.165, 1.54) is 0 Å². The second-order valence-corrected chi connectivity index (χ2v) is 5.38. The minimum atomic E-state index is -0.887. The second kappa shape index (κ2) is 5.50. The Bertz CT molecular complexity index is 801. The van der Waals surface area contributed by atoms with Gasteiger partial charge in [0, 0.05) is 0 Å². The smallest absolute Gasteiger partial charge is 0.315 e. The van der Waals surface area contributed by atoms with Crippen LogP contribution in [0, 0.1) is 11.3 Å². The van der Waals surface area contributed by atoms with Crippen molar-refractivity contribution in [2.45, 2.75) is 18.3 Å². The van der Waals surface area contributed by atoms with Crippen LogP contribution >= 0.6 is 0 Å². The van der Waals surface area contributed by atoms with Crippen LogP contribution < -0.4 is 0 Å². The molecule has 0 bridgehead atoms. The summed E-state index contributed by atoms with van der Waals surface area (Å²) in [7, 11) is 0. The summed E-state index contributed by atoms with van der Waals surface area (Å²) in [5.41, 5.74) is 3.98. The van der Waals surface area contributed by atoms with Crippen LogP contribution in [0.3, 0.4) is 0 Å². The number of carboxylic acids is 1. The Morgan fingerprint density at radius 3 is 2.50 bits per heavy atom. The first-order valence-electron chi connectivity index (χ1n) is 7.12. The summed E-state index contributed by atoms with van der Waals surface area (Å²) in [6.07, 6.45) is 2.35. The van der Waals surface area contributed by atoms with Crippen LogP contribution in [-0.2, 0) is 11.2 Å². The maximum atomic E-state index is 11.9. The van der Waals surface area contributed by atoms with Crippen LogP contribution in [0.15, 0.2) is 55.1 Å². The highest BCUT2D eigenvalue weighted by molar-refractivity contribution is 5.84. The fourth-order valence-electron chi connectivity index (χ4n) is 3.33. The molecule has 1 aliphatic rings. The van der Waals surface area contributed by atoms with Crippen molar-refractivity contribution in [3.63, 3.8) is 0 Å². The lowest BCUT2D eigenvalue weighted by atomic mass is 9.71. The van der Waals surface area contributed by atoms with E-state index in [0.717, 1.165) is 22.3 Å². The van der Waals surface area contributed by atoms with Gasteiger partial charge in [0.15, 0.2) is 0 Å². The van der Waals surface area contributed by atoms with E-state index in [4.69, 9.17) is 0 Å². The fraction of sp³-hybridized carbons (Fsp3) is 0.158. The van der Waals surface area contributed by atoms with Crippen molar-refractivity contribution in [2.24, 2.45) is 0 Å². The number of carbonyl (C=O) groups is 1. The number of aliphatic carboxylic acids is 1. The molecule has 0 aliphatic heterocycles. The summed E-state index contributed by atoms with van der Waals surface area (Å²) < 4.78 is 0. The lowest BCUT2D eigenvalue weighted by molar-refractivity contribution is -0.137. The van der Waals surface area contributed by atoms with Crippen LogP contribution in [0.1, 0.15) is 39.7 Å². The summed E-state index contributed by atoms with van der Waals surface area (Å²) in [4.78, 5) is 11.9. The molecule has 108 valence electrons. The van der Waals surface area contributed by atoms with E-state index in [-0.39, 0.29) is 0 Å². The Morgan fingerprint density at radius 2 is 1.86 bits per heavy atom. The SMILES string of the molecule is C=CCc1cccc2c1C(C(=O)O)c1ccccc1C2C#N. The molecule has 0 saturated carbocycles. The number of carboxylic acid groups (broad SMARTS) is 1. The fourth-order valence-corrected chi connectivity index (χ4v) is 3.33. The summed E-state index contributed by atoms with van der Waals surface area (Å²) in [6.45, 7) is 3.75. The average Bonchev–Trinajstić information content (AvgIpc) is 2.52. The maximum absolute atomic E-state index is 11.9. The molecular weight excluding hydrogens is 274 g/mol. The number of allylic oxidation sites excluding steroid dienone is 1. The first-order chi connectivity index (χ1) is 10.7. The lowest BCUT2D eigenvalue weighted by Gasteiger charge is -2.30. The standard InChI is InChI=1S/C19H15NO2/c1-2-6-12-7-5-10-15-16(11-20)13-8-3-4-9-14(13)18(17(12)15)19(21)22/h2-5,7-10,16,18H,1,6H2,(H,21,22). The average molecular weight is 289 g/mol. The predicted octanol–water partition coefficient (Wildman–Crippen LogP) is 3.60. The molecule has 2 unspecified atom stereocenters. The van der Waals surface area contributed by atoms with Gasteiger partial charge in [0.1, 0.15) is 5.92 Å². The Labute approximate surface area is 129 Å². The molecule has 2 aromatic rings. The minimum Gasteiger partial charge on any atom is -0.481 e. The van der Waals surface area contributed by atoms with Crippen molar-refractivity contribution in [1.29, 1.82) is 5.26 Å². The third kappa shape index (κ3) is 2.01. The number of hydrogen-bond acceptors (Lipinski definition) is 2. The van der Waals surface area contributed by atoms with Gasteiger partial charge in [-0.05, 0) is 34.2 Å². The van der Waals surface area contributed by atoms with E-state index in [1.807, 2.05) is 42.5 Å². The van der Waals surface area contributed by atoms with Crippen molar-refractivity contribution < 1.29 is 9.90 Å². The Balaban J connectivity index is 2.35. The van der Waals surface area contributed by atoms with Crippen molar-refractivity contribution in [1.82, 2.24) is 0 Å². The zero-order valence-electron chi connectivity index (χ0n) is 12.0. The summed E-state index contributed by atoms with van der Waals surface area (Å²) >= 11 is 0. The third-order valence-corrected chi connectivity index (χ3v) is 4.19. The van der Waals surface area contributed by atoms with Gasteiger partial charge in [0.2, 0.25) is 0 Å². The van der Waals surface area contributed by atoms with Crippen LogP contribution in [0.2, 0.25) is 0 Å². The van der Waals surface area contributed by atoms with E-state index < -0.39 is 17.8 Å². The molecule has 2 atom stereocenters. The molecule has 0 fully saturated rings. The first kappa shape index (κ1) is 14.1. The Hall–Kier alpha value is -2.86. The number of benzene rings is 2. The molecule has 0 saturated heterocycles. The van der Waals surface area contributed by atoms with Crippen LogP contribution in [0.4, 0.5) is 0 Å². The second-order valence-electron chi connectivity index (χ2n) is 5.38. The lowest BCUT2D eigenvalue weighted by Crippen LogP contribution is -2.24. The van der Waals surface area contributed by atoms with Crippen LogP contribution in [0.25, 0.3) is 0 Å². The summed E-state index contributed by atoms with van der Waals surface area (Å²) in [5.74, 6) is -2.04. The topological polar surface area (TPSA) is 61.1 Å². The highest BCUT2D eigenvalue weighted by Gasteiger charge is 2.37. The van der Waals surface area contributed by atoms with E-state index in [0.29, 0.717) is 12.0 Å². The molecule has 3 nitrogen and oxygen atoms in total. The molecule has 0 heterocycles. The van der Waals surface area contributed by atoms with Gasteiger partial charge >= 0.3 is 5.97 Å². The molecule has 0 amide bonds. The molecule has 2 aromatic carbocycles. The quantitative estimate of drug-likeness (QED) is 0.878. The van der Waals surface area contributed by atoms with Gasteiger partial charge in [0.25, 0.3) is 0 Å². The van der Waals surface area contributed by atoms with Crippen molar-refractivity contribution >= 4 is 5.97 Å². The number of nitrogens with zero attached hydrogens (tertiary/aromatic N) is 1. The summed E-state index contributed by atoms with van der Waals surface area (Å²) in [5, 5.41) is 19.4. The van der Waals surface area contributed by atoms with Crippen LogP contribution in [-0.4, -0.2) is 11.1 Å². The van der Waals surface area contributed by atoms with Gasteiger partial charge in [-0.1, -0.05) is 48.5 Å². The zero-order valence-corrected chi connectivity index (χ0v) is 12.0. The Morgan fingerprint density at radius 1 is 1.18 bits per heavy atom. The van der Waals surface area contributed by atoms with Crippen LogP contribution in [0.5, 0.6) is 0 Å². The van der Waals surface area contributed by atoms with E-state index in [1.54, 1.807) is 6.08 Å². The van der Waals surface area contributed by atoms with Crippen molar-refractivity contribution in [2.75, 3.05) is 0 Å². The maximum Gasteiger partial charge on any atom is 0.315 e. The molecule has 1 N–H and O–H groups in total. The van der Waals surface area contributed by atoms with Gasteiger partial charge in [-0.3, -0.25) is 4.79 Å². The largest absolute Gasteiger partial charge is 0.481 e. The zero-order chi connectivity index (χ0) is 15.7. The number of hydrogen-bond donors (Lipinski definition) is 1.